The number of aliphatic carboxylic acids is 1. The maximum atomic E-state index is 10.8. The third kappa shape index (κ3) is 3.77. The molecule has 94 valence electrons. The number of hydrogen-bond acceptors (Lipinski definition) is 2. The Morgan fingerprint density at radius 2 is 2.00 bits per heavy atom. The molecule has 0 heterocycles. The second kappa shape index (κ2) is 5.71. The highest BCUT2D eigenvalue weighted by Gasteiger charge is 2.20. The first-order valence-corrected chi connectivity index (χ1v) is 5.84. The van der Waals surface area contributed by atoms with E-state index in [0.717, 1.165) is 16.9 Å². The summed E-state index contributed by atoms with van der Waals surface area (Å²) < 4.78 is 5.69. The van der Waals surface area contributed by atoms with Crippen LogP contribution in [0.4, 0.5) is 0 Å². The van der Waals surface area contributed by atoms with Crippen LogP contribution in [0.2, 0.25) is 0 Å². The fraction of sp³-hybridized carbons (Fsp3) is 0.500. The molecular weight excluding hydrogens is 216 g/mol. The van der Waals surface area contributed by atoms with E-state index in [1.165, 1.54) is 0 Å². The van der Waals surface area contributed by atoms with Crippen molar-refractivity contribution >= 4 is 5.97 Å². The van der Waals surface area contributed by atoms with Crippen molar-refractivity contribution in [1.82, 2.24) is 0 Å². The molecular formula is C14H20O3. The molecule has 0 saturated heterocycles. The van der Waals surface area contributed by atoms with E-state index in [-0.39, 0.29) is 11.8 Å². The van der Waals surface area contributed by atoms with Crippen molar-refractivity contribution in [3.8, 4) is 5.75 Å². The van der Waals surface area contributed by atoms with Gasteiger partial charge in [-0.1, -0.05) is 26.0 Å². The van der Waals surface area contributed by atoms with Crippen molar-refractivity contribution in [2.24, 2.45) is 11.8 Å². The minimum Gasteiger partial charge on any atom is -0.493 e. The Bertz CT molecular complexity index is 398. The van der Waals surface area contributed by atoms with Crippen LogP contribution in [0.1, 0.15) is 25.0 Å². The number of carboxylic acids is 1. The molecule has 3 nitrogen and oxygen atoms in total. The van der Waals surface area contributed by atoms with Crippen molar-refractivity contribution in [1.29, 1.82) is 0 Å². The summed E-state index contributed by atoms with van der Waals surface area (Å²) in [4.78, 5) is 10.8. The second-order valence-corrected chi connectivity index (χ2v) is 4.68. The molecule has 0 amide bonds. The predicted octanol–water partition coefficient (Wildman–Crippen LogP) is 3.04. The van der Waals surface area contributed by atoms with Gasteiger partial charge in [-0.05, 0) is 31.0 Å². The fourth-order valence-corrected chi connectivity index (χ4v) is 1.47. The quantitative estimate of drug-likeness (QED) is 0.854. The van der Waals surface area contributed by atoms with Crippen LogP contribution in [-0.4, -0.2) is 17.7 Å². The van der Waals surface area contributed by atoms with Crippen molar-refractivity contribution in [3.05, 3.63) is 29.3 Å². The average molecular weight is 236 g/mol. The lowest BCUT2D eigenvalue weighted by atomic mass is 9.97. The number of carboxylic acid groups (broad SMARTS) is 1. The normalized spacial score (nSPS) is 14.1. The van der Waals surface area contributed by atoms with E-state index in [4.69, 9.17) is 9.84 Å². The first-order chi connectivity index (χ1) is 7.91. The highest BCUT2D eigenvalue weighted by Crippen LogP contribution is 2.21. The molecule has 2 atom stereocenters. The van der Waals surface area contributed by atoms with Crippen molar-refractivity contribution < 1.29 is 14.6 Å². The topological polar surface area (TPSA) is 46.5 Å². The minimum absolute atomic E-state index is 0.00703. The smallest absolute Gasteiger partial charge is 0.306 e. The lowest BCUT2D eigenvalue weighted by Crippen LogP contribution is -2.23. The van der Waals surface area contributed by atoms with Crippen LogP contribution in [0.15, 0.2) is 18.2 Å². The van der Waals surface area contributed by atoms with E-state index in [0.29, 0.717) is 6.61 Å². The number of hydrogen-bond donors (Lipinski definition) is 1. The van der Waals surface area contributed by atoms with Gasteiger partial charge in [0.25, 0.3) is 0 Å². The van der Waals surface area contributed by atoms with Gasteiger partial charge in [0, 0.05) is 5.92 Å². The monoisotopic (exact) mass is 236 g/mol. The zero-order valence-corrected chi connectivity index (χ0v) is 10.9. The molecule has 1 rings (SSSR count). The molecule has 0 radical (unpaired) electrons. The zero-order chi connectivity index (χ0) is 13.0. The van der Waals surface area contributed by atoms with Crippen molar-refractivity contribution in [3.63, 3.8) is 0 Å². The summed E-state index contributed by atoms with van der Waals surface area (Å²) in [5, 5.41) is 8.89. The second-order valence-electron chi connectivity index (χ2n) is 4.68. The van der Waals surface area contributed by atoms with Gasteiger partial charge in [0.15, 0.2) is 0 Å². The molecule has 0 aromatic heterocycles. The Morgan fingerprint density at radius 1 is 1.35 bits per heavy atom. The summed E-state index contributed by atoms with van der Waals surface area (Å²) >= 11 is 0. The molecule has 1 N–H and O–H groups in total. The fourth-order valence-electron chi connectivity index (χ4n) is 1.47. The molecule has 1 aromatic rings. The SMILES string of the molecule is Cc1ccc(C)c(OCC(C)C(C)C(=O)O)c1. The molecule has 0 saturated carbocycles. The number of ether oxygens (including phenoxy) is 1. The van der Waals surface area contributed by atoms with Crippen LogP contribution < -0.4 is 4.74 Å². The molecule has 0 bridgehead atoms. The van der Waals surface area contributed by atoms with Gasteiger partial charge in [-0.2, -0.15) is 0 Å². The van der Waals surface area contributed by atoms with Gasteiger partial charge in [-0.3, -0.25) is 4.79 Å². The summed E-state index contributed by atoms with van der Waals surface area (Å²) in [7, 11) is 0. The van der Waals surface area contributed by atoms with Crippen molar-refractivity contribution in [2.75, 3.05) is 6.61 Å². The standard InChI is InChI=1S/C14H20O3/c1-9-5-6-10(2)13(7-9)17-8-11(3)12(4)14(15)16/h5-7,11-12H,8H2,1-4H3,(H,15,16). The molecule has 0 aliphatic heterocycles. The molecule has 2 unspecified atom stereocenters. The van der Waals surface area contributed by atoms with E-state index in [1.54, 1.807) is 6.92 Å². The molecule has 3 heteroatoms. The van der Waals surface area contributed by atoms with E-state index in [2.05, 4.69) is 0 Å². The summed E-state index contributed by atoms with van der Waals surface area (Å²) in [5.41, 5.74) is 2.22. The first kappa shape index (κ1) is 13.6. The zero-order valence-electron chi connectivity index (χ0n) is 10.9. The molecule has 17 heavy (non-hydrogen) atoms. The van der Waals surface area contributed by atoms with Crippen LogP contribution in [0.5, 0.6) is 5.75 Å². The van der Waals surface area contributed by atoms with Gasteiger partial charge in [-0.15, -0.1) is 0 Å². The number of carbonyl (C=O) groups is 1. The third-order valence-corrected chi connectivity index (χ3v) is 3.09. The first-order valence-electron chi connectivity index (χ1n) is 5.84. The van der Waals surface area contributed by atoms with Gasteiger partial charge in [0.05, 0.1) is 12.5 Å². The molecule has 0 aliphatic carbocycles. The number of aryl methyl sites for hydroxylation is 2. The van der Waals surface area contributed by atoms with Crippen LogP contribution in [-0.2, 0) is 4.79 Å². The van der Waals surface area contributed by atoms with Crippen LogP contribution in [0, 0.1) is 25.7 Å². The Balaban J connectivity index is 2.61. The van der Waals surface area contributed by atoms with Crippen LogP contribution in [0.3, 0.4) is 0 Å². The molecule has 1 aromatic carbocycles. The maximum Gasteiger partial charge on any atom is 0.306 e. The summed E-state index contributed by atoms with van der Waals surface area (Å²) in [6.07, 6.45) is 0. The Labute approximate surface area is 102 Å². The summed E-state index contributed by atoms with van der Waals surface area (Å²) in [6, 6.07) is 6.02. The maximum absolute atomic E-state index is 10.8. The highest BCUT2D eigenvalue weighted by atomic mass is 16.5. The molecule has 0 fully saturated rings. The summed E-state index contributed by atoms with van der Waals surface area (Å²) in [5.74, 6) is -0.330. The Morgan fingerprint density at radius 3 is 2.59 bits per heavy atom. The molecule has 0 spiro atoms. The van der Waals surface area contributed by atoms with E-state index in [9.17, 15) is 4.79 Å². The minimum atomic E-state index is -0.776. The average Bonchev–Trinajstić information content (AvgIpc) is 2.28. The third-order valence-electron chi connectivity index (χ3n) is 3.09. The van der Waals surface area contributed by atoms with E-state index >= 15 is 0 Å². The van der Waals surface area contributed by atoms with Crippen LogP contribution in [0.25, 0.3) is 0 Å². The van der Waals surface area contributed by atoms with Gasteiger partial charge in [0.1, 0.15) is 5.75 Å². The lowest BCUT2D eigenvalue weighted by Gasteiger charge is -2.17. The predicted molar refractivity (Wildman–Crippen MR) is 67.4 cm³/mol. The summed E-state index contributed by atoms with van der Waals surface area (Å²) in [6.45, 7) is 8.02. The number of rotatable bonds is 5. The number of benzene rings is 1. The van der Waals surface area contributed by atoms with Gasteiger partial charge in [-0.25, -0.2) is 0 Å². The highest BCUT2D eigenvalue weighted by molar-refractivity contribution is 5.69. The van der Waals surface area contributed by atoms with E-state index in [1.807, 2.05) is 39.0 Å². The van der Waals surface area contributed by atoms with Crippen LogP contribution >= 0.6 is 0 Å². The largest absolute Gasteiger partial charge is 0.493 e. The Kier molecular flexibility index (Phi) is 4.55. The van der Waals surface area contributed by atoms with Gasteiger partial charge in [0.2, 0.25) is 0 Å². The molecule has 0 aliphatic rings. The Hall–Kier alpha value is -1.51. The van der Waals surface area contributed by atoms with E-state index < -0.39 is 5.97 Å². The van der Waals surface area contributed by atoms with Gasteiger partial charge < -0.3 is 9.84 Å². The lowest BCUT2D eigenvalue weighted by molar-refractivity contribution is -0.143. The van der Waals surface area contributed by atoms with Crippen molar-refractivity contribution in [2.45, 2.75) is 27.7 Å². The van der Waals surface area contributed by atoms with Gasteiger partial charge >= 0.3 is 5.97 Å².